The number of ether oxygens (including phenoxy) is 1. The van der Waals surface area contributed by atoms with Crippen LogP contribution in [0.1, 0.15) is 12.5 Å². The normalized spacial score (nSPS) is 15.4. The molecular formula is C11H10F4O3. The van der Waals surface area contributed by atoms with Crippen molar-refractivity contribution in [3.63, 3.8) is 0 Å². The molecule has 0 aromatic heterocycles. The van der Waals surface area contributed by atoms with E-state index in [-0.39, 0.29) is 5.56 Å². The minimum absolute atomic E-state index is 0.155. The second kappa shape index (κ2) is 4.93. The van der Waals surface area contributed by atoms with Crippen molar-refractivity contribution in [3.05, 3.63) is 35.9 Å². The second-order valence-electron chi connectivity index (χ2n) is 3.67. The predicted molar refractivity (Wildman–Crippen MR) is 53.5 cm³/mol. The fraction of sp³-hybridized carbons (Fsp3) is 0.364. The zero-order valence-electron chi connectivity index (χ0n) is 9.24. The van der Waals surface area contributed by atoms with Gasteiger partial charge >= 0.3 is 18.5 Å². The van der Waals surface area contributed by atoms with Gasteiger partial charge in [0.15, 0.2) is 5.60 Å². The van der Waals surface area contributed by atoms with Crippen molar-refractivity contribution in [2.75, 3.05) is 0 Å². The summed E-state index contributed by atoms with van der Waals surface area (Å²) >= 11 is 0. The van der Waals surface area contributed by atoms with E-state index in [0.29, 0.717) is 0 Å². The van der Waals surface area contributed by atoms with Gasteiger partial charge in [-0.2, -0.15) is 8.78 Å². The second-order valence-corrected chi connectivity index (χ2v) is 3.67. The lowest BCUT2D eigenvalue weighted by atomic mass is 9.96. The highest BCUT2D eigenvalue weighted by atomic mass is 19.3. The van der Waals surface area contributed by atoms with E-state index in [0.717, 1.165) is 6.92 Å². The fourth-order valence-corrected chi connectivity index (χ4v) is 1.30. The van der Waals surface area contributed by atoms with Crippen LogP contribution in [-0.2, 0) is 15.1 Å². The first-order valence-electron chi connectivity index (χ1n) is 4.85. The average Bonchev–Trinajstić information content (AvgIpc) is 2.29. The predicted octanol–water partition coefficient (Wildman–Crippen LogP) is 2.86. The third-order valence-electron chi connectivity index (χ3n) is 2.33. The Hall–Kier alpha value is -1.63. The number of carboxylic acid groups (broad SMARTS) is 1. The van der Waals surface area contributed by atoms with Gasteiger partial charge in [0, 0.05) is 0 Å². The minimum atomic E-state index is -4.84. The highest BCUT2D eigenvalue weighted by Gasteiger charge is 2.52. The summed E-state index contributed by atoms with van der Waals surface area (Å²) in [6, 6.07) is 6.71. The van der Waals surface area contributed by atoms with Gasteiger partial charge in [0.2, 0.25) is 0 Å². The van der Waals surface area contributed by atoms with E-state index in [1.165, 1.54) is 30.3 Å². The molecule has 1 unspecified atom stereocenters. The number of carbonyl (C=O) groups is 1. The molecular weight excluding hydrogens is 256 g/mol. The van der Waals surface area contributed by atoms with Gasteiger partial charge in [0.25, 0.3) is 0 Å². The van der Waals surface area contributed by atoms with Crippen molar-refractivity contribution in [1.29, 1.82) is 0 Å². The van der Waals surface area contributed by atoms with Crippen LogP contribution in [-0.4, -0.2) is 23.6 Å². The van der Waals surface area contributed by atoms with Crippen molar-refractivity contribution in [2.45, 2.75) is 25.1 Å². The molecule has 0 aliphatic rings. The first kappa shape index (κ1) is 14.4. The van der Waals surface area contributed by atoms with Crippen molar-refractivity contribution in [3.8, 4) is 0 Å². The van der Waals surface area contributed by atoms with Crippen LogP contribution in [0.15, 0.2) is 30.3 Å². The van der Waals surface area contributed by atoms with Crippen LogP contribution >= 0.6 is 0 Å². The number of benzene rings is 1. The Labute approximate surface area is 100.0 Å². The topological polar surface area (TPSA) is 46.5 Å². The molecule has 0 aliphatic carbocycles. The van der Waals surface area contributed by atoms with Crippen LogP contribution in [0, 0.1) is 0 Å². The minimum Gasteiger partial charge on any atom is -0.479 e. The molecule has 0 fully saturated rings. The van der Waals surface area contributed by atoms with E-state index in [9.17, 15) is 22.4 Å². The summed E-state index contributed by atoms with van der Waals surface area (Å²) < 4.78 is 53.7. The maximum absolute atomic E-state index is 12.9. The van der Waals surface area contributed by atoms with E-state index in [1.807, 2.05) is 0 Å². The Morgan fingerprint density at radius 2 is 1.78 bits per heavy atom. The zero-order valence-corrected chi connectivity index (χ0v) is 9.24. The molecule has 0 heterocycles. The molecule has 100 valence electrons. The van der Waals surface area contributed by atoms with Crippen molar-refractivity contribution < 1.29 is 32.2 Å². The van der Waals surface area contributed by atoms with Gasteiger partial charge in [-0.3, -0.25) is 4.74 Å². The molecule has 1 atom stereocenters. The highest BCUT2D eigenvalue weighted by molar-refractivity contribution is 5.79. The van der Waals surface area contributed by atoms with Crippen LogP contribution in [0.3, 0.4) is 0 Å². The van der Waals surface area contributed by atoms with Crippen molar-refractivity contribution >= 4 is 5.97 Å². The van der Waals surface area contributed by atoms with Gasteiger partial charge < -0.3 is 5.11 Å². The molecule has 0 aliphatic heterocycles. The van der Waals surface area contributed by atoms with Crippen LogP contribution in [0.4, 0.5) is 17.6 Å². The third kappa shape index (κ3) is 2.79. The number of carboxylic acids is 1. The largest absolute Gasteiger partial charge is 0.479 e. The summed E-state index contributed by atoms with van der Waals surface area (Å²) in [5.74, 6) is -1.78. The van der Waals surface area contributed by atoms with E-state index >= 15 is 0 Å². The van der Waals surface area contributed by atoms with Gasteiger partial charge in [0.1, 0.15) is 0 Å². The first-order chi connectivity index (χ1) is 8.20. The van der Waals surface area contributed by atoms with Crippen LogP contribution < -0.4 is 0 Å². The monoisotopic (exact) mass is 266 g/mol. The number of rotatable bonds is 5. The number of aliphatic carboxylic acids is 1. The Bertz CT molecular complexity index is 422. The standard InChI is InChI=1S/C11H10F4O3/c1-10(9(16)17,7-5-3-2-4-6-7)18-11(14,15)8(12)13/h2-6,8H,1H3,(H,16,17). The summed E-state index contributed by atoms with van der Waals surface area (Å²) in [5, 5.41) is 8.93. The average molecular weight is 266 g/mol. The van der Waals surface area contributed by atoms with Gasteiger partial charge in [-0.1, -0.05) is 30.3 Å². The van der Waals surface area contributed by atoms with Crippen molar-refractivity contribution in [2.24, 2.45) is 0 Å². The Morgan fingerprint density at radius 3 is 2.17 bits per heavy atom. The molecule has 0 saturated heterocycles. The summed E-state index contributed by atoms with van der Waals surface area (Å²) in [7, 11) is 0. The smallest absolute Gasteiger partial charge is 0.417 e. The Kier molecular flexibility index (Phi) is 3.95. The van der Waals surface area contributed by atoms with E-state index in [4.69, 9.17) is 5.11 Å². The quantitative estimate of drug-likeness (QED) is 0.833. The number of halogens is 4. The molecule has 7 heteroatoms. The Balaban J connectivity index is 3.15. The first-order valence-corrected chi connectivity index (χ1v) is 4.85. The lowest BCUT2D eigenvalue weighted by Crippen LogP contribution is -2.45. The molecule has 0 spiro atoms. The highest BCUT2D eigenvalue weighted by Crippen LogP contribution is 2.35. The molecule has 0 radical (unpaired) electrons. The molecule has 1 N–H and O–H groups in total. The van der Waals surface area contributed by atoms with Gasteiger partial charge in [-0.05, 0) is 12.5 Å². The van der Waals surface area contributed by atoms with Gasteiger partial charge in [-0.25, -0.2) is 13.6 Å². The van der Waals surface area contributed by atoms with Crippen molar-refractivity contribution in [1.82, 2.24) is 0 Å². The maximum Gasteiger partial charge on any atom is 0.417 e. The maximum atomic E-state index is 12.9. The molecule has 0 bridgehead atoms. The summed E-state index contributed by atoms with van der Waals surface area (Å²) in [6.45, 7) is 0.793. The molecule has 1 rings (SSSR count). The third-order valence-corrected chi connectivity index (χ3v) is 2.33. The fourth-order valence-electron chi connectivity index (χ4n) is 1.30. The number of hydrogen-bond acceptors (Lipinski definition) is 2. The molecule has 1 aromatic carbocycles. The summed E-state index contributed by atoms with van der Waals surface area (Å²) in [5.41, 5.74) is -2.71. The zero-order chi connectivity index (χ0) is 14.0. The van der Waals surface area contributed by atoms with E-state index < -0.39 is 24.1 Å². The van der Waals surface area contributed by atoms with E-state index in [1.54, 1.807) is 0 Å². The lowest BCUT2D eigenvalue weighted by molar-refractivity contribution is -0.339. The Morgan fingerprint density at radius 1 is 1.28 bits per heavy atom. The molecule has 18 heavy (non-hydrogen) atoms. The summed E-state index contributed by atoms with van der Waals surface area (Å²) in [6.07, 6.45) is -8.96. The van der Waals surface area contributed by atoms with Crippen LogP contribution in [0.5, 0.6) is 0 Å². The van der Waals surface area contributed by atoms with Gasteiger partial charge in [-0.15, -0.1) is 0 Å². The molecule has 3 nitrogen and oxygen atoms in total. The SMILES string of the molecule is CC(OC(F)(F)C(F)F)(C(=O)O)c1ccccc1. The molecule has 0 saturated carbocycles. The summed E-state index contributed by atoms with van der Waals surface area (Å²) in [4.78, 5) is 11.0. The molecule has 0 amide bonds. The van der Waals surface area contributed by atoms with Gasteiger partial charge in [0.05, 0.1) is 0 Å². The van der Waals surface area contributed by atoms with Crippen LogP contribution in [0.2, 0.25) is 0 Å². The lowest BCUT2D eigenvalue weighted by Gasteiger charge is -2.29. The number of hydrogen-bond donors (Lipinski definition) is 1. The van der Waals surface area contributed by atoms with E-state index in [2.05, 4.69) is 4.74 Å². The molecule has 1 aromatic rings. The number of alkyl halides is 4. The van der Waals surface area contributed by atoms with Crippen LogP contribution in [0.25, 0.3) is 0 Å².